The smallest absolute Gasteiger partial charge is 0.257 e. The highest BCUT2D eigenvalue weighted by atomic mass is 16.6. The zero-order chi connectivity index (χ0) is 104. The van der Waals surface area contributed by atoms with Crippen molar-refractivity contribution in [3.63, 3.8) is 0 Å². The van der Waals surface area contributed by atoms with Gasteiger partial charge in [-0.3, -0.25) is 9.97 Å². The number of ether oxygens (including phenoxy) is 12. The Morgan fingerprint density at radius 3 is 0.741 bits per heavy atom. The van der Waals surface area contributed by atoms with E-state index in [-0.39, 0.29) is 55.9 Å². The third-order valence-electron chi connectivity index (χ3n) is 22.4. The molecule has 27 nitrogen and oxygen atoms in total. The minimum Gasteiger partial charge on any atom is -0.484 e. The molecule has 0 bridgehead atoms. The van der Waals surface area contributed by atoms with Crippen LogP contribution >= 0.6 is 0 Å². The summed E-state index contributed by atoms with van der Waals surface area (Å²) in [5.74, 6) is 7.61. The number of nitrogens with two attached hydrogens (primary N) is 1. The molecule has 0 aliphatic rings. The van der Waals surface area contributed by atoms with Crippen molar-refractivity contribution in [1.29, 1.82) is 0 Å². The lowest BCUT2D eigenvalue weighted by molar-refractivity contribution is 0.163. The van der Waals surface area contributed by atoms with Crippen molar-refractivity contribution in [2.75, 3.05) is 127 Å². The van der Waals surface area contributed by atoms with Gasteiger partial charge < -0.3 is 99.6 Å². The Hall–Kier alpha value is -14.1. The van der Waals surface area contributed by atoms with Crippen LogP contribution in [0.1, 0.15) is 193 Å². The summed E-state index contributed by atoms with van der Waals surface area (Å²) in [6.45, 7) is 23.9. The summed E-state index contributed by atoms with van der Waals surface area (Å²) >= 11 is 0. The molecule has 7 atom stereocenters. The summed E-state index contributed by atoms with van der Waals surface area (Å²) in [7, 11) is 9.39. The molecule has 14 rings (SSSR count). The molecule has 7 aromatic heterocycles. The maximum Gasteiger partial charge on any atom is 0.257 e. The van der Waals surface area contributed by atoms with Gasteiger partial charge in [-0.2, -0.15) is 0 Å². The van der Waals surface area contributed by atoms with Gasteiger partial charge in [-0.05, 0) is 245 Å². The van der Waals surface area contributed by atoms with Crippen molar-refractivity contribution in [2.45, 2.75) is 155 Å². The lowest BCUT2D eigenvalue weighted by Crippen LogP contribution is -2.19. The minimum absolute atomic E-state index is 0.0244. The molecule has 0 aliphatic heterocycles. The molecule has 784 valence electrons. The lowest BCUT2D eigenvalue weighted by Gasteiger charge is -2.21. The summed E-state index contributed by atoms with van der Waals surface area (Å²) in [6, 6.07) is 98.1. The van der Waals surface area contributed by atoms with E-state index in [0.29, 0.717) is 84.5 Å². The number of nitrogens with one attached hydrogen (secondary N) is 6. The molecule has 7 aromatic carbocycles. The molecular weight excluding hydrogens is 1850 g/mol. The Balaban J connectivity index is 0.000000209. The van der Waals surface area contributed by atoms with Crippen LogP contribution in [0, 0.1) is 0 Å². The summed E-state index contributed by atoms with van der Waals surface area (Å²) in [5.41, 5.74) is 15.8. The van der Waals surface area contributed by atoms with Crippen LogP contribution in [0.4, 0.5) is 0 Å². The largest absolute Gasteiger partial charge is 0.484 e. The van der Waals surface area contributed by atoms with E-state index in [1.54, 1.807) is 44.2 Å². The van der Waals surface area contributed by atoms with Crippen LogP contribution in [0.5, 0.6) is 69.6 Å². The highest BCUT2D eigenvalue weighted by Gasteiger charge is 2.24. The number of methoxy groups -OCH3 is 1. The monoisotopic (exact) mass is 2000 g/mol. The Labute approximate surface area is 872 Å². The van der Waals surface area contributed by atoms with Crippen molar-refractivity contribution < 1.29 is 61.9 Å². The molecule has 0 saturated heterocycles. The van der Waals surface area contributed by atoms with Gasteiger partial charge in [0.1, 0.15) is 60.8 Å². The standard InChI is InChI=1S/C18H24N2O2.C18H24N2O.C17H22N2O3.2C17H22N2O2.C17H22N2O.C16H20N2O2/c1-3-19-14-12-16(15-9-6-5-7-10-15)22-17-11-8-13-20-18(17)21-4-2;1-3-8-16-18(11-7-13-20-16)21-17(12-14-19-2)15-9-5-4-6-10-15;1-18-11-9-15(14-6-3-2-4-7-14)22-16-8-5-10-19-17(16)21-13-12-20;1-3-18-13-11-15(14-8-5-4-6-9-14)21-16-10-7-12-19-17(16)20-2;1-3-20-17-16(10-7-12-19-17)21-15(11-13-18-2)14-8-5-4-6-9-14;1-3-15-17(10-7-12-19-15)20-16(11-13-18-2)14-8-5-4-6-9-14;1-2-19-16-15(9-6-12-18-16)20-14(10-11-17)13-7-4-3-5-8-13/h5-11,13,16,19H,3-4,12,14H2,1-2H3;4-7,9-11,13,17,19H,3,8,12,14H2,1-2H3;2-8,10,15,18,20H,9,11-13H2,1H3;2*4-10,12,15,18H,3,11,13H2,1-2H3;4-10,12,16,18H,3,11,13H2,1-2H3;3-9,12,14H,2,10-11,17H2,1H3. The predicted molar refractivity (Wildman–Crippen MR) is 589 cm³/mol. The number of rotatable bonds is 56. The van der Waals surface area contributed by atoms with Crippen LogP contribution < -0.4 is 94.5 Å². The molecule has 0 aliphatic carbocycles. The van der Waals surface area contributed by atoms with Crippen molar-refractivity contribution in [2.24, 2.45) is 5.73 Å². The quantitative estimate of drug-likeness (QED) is 0.0164. The minimum atomic E-state index is -0.0930. The third kappa shape index (κ3) is 44.4. The first-order chi connectivity index (χ1) is 72.4. The SMILES string of the molecule is CCCc1ncccc1OC(CCNC)c1ccccc1.CCNCCC(Oc1cccnc1OC)c1ccccc1.CCNCCC(Oc1cccnc1OCC)c1ccccc1.CCOc1ncccc1OC(CCN)c1ccccc1.CCOc1ncccc1OC(CCNC)c1ccccc1.CCc1ncccc1OC(CCNC)c1ccccc1.CNCCC(Oc1cccnc1OCCO)c1ccccc1. The van der Waals surface area contributed by atoms with E-state index >= 15 is 0 Å². The van der Waals surface area contributed by atoms with Crippen LogP contribution in [0.2, 0.25) is 0 Å². The van der Waals surface area contributed by atoms with Crippen molar-refractivity contribution in [3.8, 4) is 69.6 Å². The number of aromatic nitrogens is 7. The van der Waals surface area contributed by atoms with E-state index in [4.69, 9.17) is 67.7 Å². The second-order valence-corrected chi connectivity index (χ2v) is 33.2. The molecule has 27 heteroatoms. The van der Waals surface area contributed by atoms with Gasteiger partial charge in [-0.15, -0.1) is 0 Å². The average molecular weight is 2000 g/mol. The second-order valence-electron chi connectivity index (χ2n) is 33.2. The second kappa shape index (κ2) is 73.9. The molecule has 0 amide bonds. The summed E-state index contributed by atoms with van der Waals surface area (Å²) < 4.78 is 70.4. The normalized spacial score (nSPS) is 12.0. The van der Waals surface area contributed by atoms with E-state index in [9.17, 15) is 0 Å². The number of benzene rings is 7. The number of aliphatic hydroxyl groups is 1. The molecule has 147 heavy (non-hydrogen) atoms. The topological polar surface area (TPSA) is 319 Å². The number of aliphatic hydroxyl groups excluding tert-OH is 1. The maximum atomic E-state index is 8.89. The molecule has 7 heterocycles. The van der Waals surface area contributed by atoms with Gasteiger partial charge in [0.2, 0.25) is 0 Å². The van der Waals surface area contributed by atoms with Gasteiger partial charge in [0.25, 0.3) is 29.4 Å². The first-order valence-corrected chi connectivity index (χ1v) is 51.4. The Morgan fingerprint density at radius 1 is 0.265 bits per heavy atom. The van der Waals surface area contributed by atoms with E-state index < -0.39 is 0 Å². The van der Waals surface area contributed by atoms with Crippen molar-refractivity contribution in [3.05, 3.63) is 391 Å². The molecular formula is C120H156N14O13. The Bertz CT molecular complexity index is 5560. The van der Waals surface area contributed by atoms with Crippen LogP contribution in [-0.4, -0.2) is 167 Å². The number of hydrogen-bond donors (Lipinski definition) is 8. The molecule has 0 radical (unpaired) electrons. The predicted octanol–water partition coefficient (Wildman–Crippen LogP) is 22.3. The Morgan fingerprint density at radius 2 is 0.497 bits per heavy atom. The summed E-state index contributed by atoms with van der Waals surface area (Å²) in [5, 5.41) is 28.3. The fourth-order valence-corrected chi connectivity index (χ4v) is 15.1. The zero-order valence-electron chi connectivity index (χ0n) is 87.9. The molecule has 0 spiro atoms. The van der Waals surface area contributed by atoms with Crippen molar-refractivity contribution >= 4 is 0 Å². The van der Waals surface area contributed by atoms with Crippen LogP contribution in [0.15, 0.2) is 341 Å². The highest BCUT2D eigenvalue weighted by Crippen LogP contribution is 2.38. The number of nitrogens with zero attached hydrogens (tertiary/aromatic N) is 7. The zero-order valence-corrected chi connectivity index (χ0v) is 87.9. The van der Waals surface area contributed by atoms with Gasteiger partial charge in [-0.1, -0.05) is 246 Å². The number of aryl methyl sites for hydroxylation is 2. The van der Waals surface area contributed by atoms with Crippen LogP contribution in [0.3, 0.4) is 0 Å². The highest BCUT2D eigenvalue weighted by molar-refractivity contribution is 5.40. The van der Waals surface area contributed by atoms with Crippen molar-refractivity contribution in [1.82, 2.24) is 66.8 Å². The fraction of sp³-hybridized carbons (Fsp3) is 0.358. The summed E-state index contributed by atoms with van der Waals surface area (Å²) in [4.78, 5) is 29.9. The van der Waals surface area contributed by atoms with E-state index in [1.165, 1.54) is 11.1 Å². The number of hydrogen-bond acceptors (Lipinski definition) is 27. The molecule has 14 aromatic rings. The van der Waals surface area contributed by atoms with Gasteiger partial charge in [-0.25, -0.2) is 24.9 Å². The number of pyridine rings is 7. The third-order valence-corrected chi connectivity index (χ3v) is 22.4. The Kier molecular flexibility index (Phi) is 59.3. The first-order valence-electron chi connectivity index (χ1n) is 51.4. The van der Waals surface area contributed by atoms with Gasteiger partial charge in [0.05, 0.1) is 44.9 Å². The fourth-order valence-electron chi connectivity index (χ4n) is 15.1. The van der Waals surface area contributed by atoms with Gasteiger partial charge in [0.15, 0.2) is 28.7 Å². The van der Waals surface area contributed by atoms with E-state index in [2.05, 4.69) is 179 Å². The molecule has 7 unspecified atom stereocenters. The van der Waals surface area contributed by atoms with Gasteiger partial charge in [0, 0.05) is 88.3 Å². The molecule has 0 saturated carbocycles. The van der Waals surface area contributed by atoms with E-state index in [1.807, 2.05) is 268 Å². The lowest BCUT2D eigenvalue weighted by atomic mass is 10.1. The molecule has 0 fully saturated rings. The summed E-state index contributed by atoms with van der Waals surface area (Å²) in [6.07, 6.45) is 20.9. The first kappa shape index (κ1) is 118. The molecule has 9 N–H and O–H groups in total. The maximum absolute atomic E-state index is 8.89. The van der Waals surface area contributed by atoms with Gasteiger partial charge >= 0.3 is 0 Å². The van der Waals surface area contributed by atoms with E-state index in [0.717, 1.165) is 167 Å². The average Bonchev–Trinajstić information content (AvgIpc) is 0.878. The van der Waals surface area contributed by atoms with Crippen LogP contribution in [-0.2, 0) is 12.8 Å². The van der Waals surface area contributed by atoms with Crippen LogP contribution in [0.25, 0.3) is 0 Å².